The number of ether oxygens (including phenoxy) is 2. The lowest BCUT2D eigenvalue weighted by atomic mass is 10.0. The van der Waals surface area contributed by atoms with Crippen molar-refractivity contribution >= 4 is 17.9 Å². The summed E-state index contributed by atoms with van der Waals surface area (Å²) in [4.78, 5) is 39.9. The van der Waals surface area contributed by atoms with Gasteiger partial charge < -0.3 is 30.7 Å². The lowest BCUT2D eigenvalue weighted by Crippen LogP contribution is -2.56. The molecule has 1 aliphatic carbocycles. The predicted molar refractivity (Wildman–Crippen MR) is 157 cm³/mol. The van der Waals surface area contributed by atoms with Crippen molar-refractivity contribution in [1.29, 1.82) is 0 Å². The molecule has 9 nitrogen and oxygen atoms in total. The van der Waals surface area contributed by atoms with Crippen LogP contribution < -0.4 is 26.0 Å². The number of hydrogen-bond donors (Lipinski definition) is 4. The van der Waals surface area contributed by atoms with Gasteiger partial charge in [0, 0.05) is 25.0 Å². The number of alkyl carbamates (subject to hydrolysis) is 1. The monoisotopic (exact) mass is 564 g/mol. The first kappa shape index (κ1) is 30.4. The van der Waals surface area contributed by atoms with Gasteiger partial charge in [-0.1, -0.05) is 56.3 Å². The van der Waals surface area contributed by atoms with Gasteiger partial charge in [0.1, 0.15) is 24.4 Å². The highest BCUT2D eigenvalue weighted by molar-refractivity contribution is 5.91. The van der Waals surface area contributed by atoms with Crippen LogP contribution in [0.4, 0.5) is 4.79 Å². The summed E-state index contributed by atoms with van der Waals surface area (Å²) in [5, 5.41) is 12.4. The van der Waals surface area contributed by atoms with Gasteiger partial charge in [0.05, 0.1) is 6.61 Å². The molecule has 2 aliphatic heterocycles. The van der Waals surface area contributed by atoms with Gasteiger partial charge in [-0.15, -0.1) is 0 Å². The highest BCUT2D eigenvalue weighted by Crippen LogP contribution is 2.19. The van der Waals surface area contributed by atoms with Crippen LogP contribution in [0.3, 0.4) is 0 Å². The predicted octanol–water partition coefficient (Wildman–Crippen LogP) is 3.85. The molecule has 0 aromatic heterocycles. The number of rotatable bonds is 8. The second-order valence-electron chi connectivity index (χ2n) is 11.5. The van der Waals surface area contributed by atoms with Crippen LogP contribution in [0.1, 0.15) is 63.5 Å². The fourth-order valence-electron chi connectivity index (χ4n) is 4.86. The third-order valence-electron chi connectivity index (χ3n) is 7.32. The van der Waals surface area contributed by atoms with Crippen molar-refractivity contribution in [1.82, 2.24) is 21.3 Å². The normalized spacial score (nSPS) is 22.3. The van der Waals surface area contributed by atoms with E-state index in [1.807, 2.05) is 68.4 Å². The molecule has 2 aromatic rings. The molecular weight excluding hydrogens is 520 g/mol. The lowest BCUT2D eigenvalue weighted by Gasteiger charge is -2.27. The molecule has 2 aromatic carbocycles. The maximum Gasteiger partial charge on any atom is 0.408 e. The summed E-state index contributed by atoms with van der Waals surface area (Å²) in [7, 11) is 0. The van der Waals surface area contributed by atoms with Crippen LogP contribution in [0, 0.1) is 5.92 Å². The molecular formula is C32H44N4O5. The van der Waals surface area contributed by atoms with Crippen LogP contribution in [0.15, 0.2) is 54.6 Å². The quantitative estimate of drug-likeness (QED) is 0.387. The second-order valence-corrected chi connectivity index (χ2v) is 11.5. The zero-order valence-corrected chi connectivity index (χ0v) is 24.2. The molecule has 0 spiro atoms. The molecule has 0 unspecified atom stereocenters. The van der Waals surface area contributed by atoms with Crippen LogP contribution >= 0.6 is 0 Å². The van der Waals surface area contributed by atoms with Gasteiger partial charge in [-0.3, -0.25) is 9.59 Å². The Balaban J connectivity index is 1.50. The summed E-state index contributed by atoms with van der Waals surface area (Å²) >= 11 is 0. The smallest absolute Gasteiger partial charge is 0.408 e. The van der Waals surface area contributed by atoms with E-state index in [2.05, 4.69) is 21.3 Å². The van der Waals surface area contributed by atoms with Crippen molar-refractivity contribution in [3.05, 3.63) is 65.7 Å². The van der Waals surface area contributed by atoms with Gasteiger partial charge in [-0.25, -0.2) is 4.79 Å². The van der Waals surface area contributed by atoms with E-state index in [0.717, 1.165) is 36.1 Å². The zero-order valence-electron chi connectivity index (χ0n) is 24.2. The molecule has 3 atom stereocenters. The fraction of sp³-hybridized carbons (Fsp3) is 0.531. The van der Waals surface area contributed by atoms with Crippen molar-refractivity contribution in [2.75, 3.05) is 13.2 Å². The van der Waals surface area contributed by atoms with Crippen LogP contribution in [-0.4, -0.2) is 55.2 Å². The summed E-state index contributed by atoms with van der Waals surface area (Å²) in [6.07, 6.45) is 4.95. The Hall–Kier alpha value is -3.59. The average Bonchev–Trinajstić information content (AvgIpc) is 3.79. The van der Waals surface area contributed by atoms with Gasteiger partial charge in [-0.05, 0) is 67.7 Å². The molecule has 2 bridgehead atoms. The van der Waals surface area contributed by atoms with E-state index >= 15 is 0 Å². The molecule has 0 saturated heterocycles. The van der Waals surface area contributed by atoms with Gasteiger partial charge in [0.2, 0.25) is 11.8 Å². The summed E-state index contributed by atoms with van der Waals surface area (Å²) in [5.74, 6) is 0.297. The van der Waals surface area contributed by atoms with Crippen LogP contribution in [-0.2, 0) is 27.4 Å². The maximum absolute atomic E-state index is 13.6. The van der Waals surface area contributed by atoms with Gasteiger partial charge >= 0.3 is 6.09 Å². The van der Waals surface area contributed by atoms with Crippen LogP contribution in [0.5, 0.6) is 5.75 Å². The Morgan fingerprint density at radius 3 is 2.44 bits per heavy atom. The van der Waals surface area contributed by atoms with Crippen molar-refractivity contribution in [3.63, 3.8) is 0 Å². The Labute approximate surface area is 243 Å². The van der Waals surface area contributed by atoms with E-state index in [-0.39, 0.29) is 30.9 Å². The van der Waals surface area contributed by atoms with E-state index < -0.39 is 24.1 Å². The molecule has 9 heteroatoms. The van der Waals surface area contributed by atoms with Crippen LogP contribution in [0.25, 0.3) is 0 Å². The van der Waals surface area contributed by atoms with Crippen molar-refractivity contribution in [2.45, 2.75) is 89.6 Å². The Bertz CT molecular complexity index is 1120. The maximum atomic E-state index is 13.6. The molecule has 2 heterocycles. The molecule has 41 heavy (non-hydrogen) atoms. The number of fused-ring (bicyclic) bond motifs is 14. The number of hydrogen-bond acceptors (Lipinski definition) is 6. The number of carbonyl (C=O) groups excluding carboxylic acids is 3. The lowest BCUT2D eigenvalue weighted by molar-refractivity contribution is -0.130. The third kappa shape index (κ3) is 10.7. The molecule has 5 rings (SSSR count). The zero-order chi connectivity index (χ0) is 29.0. The third-order valence-corrected chi connectivity index (χ3v) is 7.32. The summed E-state index contributed by atoms with van der Waals surface area (Å²) in [5.41, 5.74) is 1.69. The Kier molecular flexibility index (Phi) is 11.4. The van der Waals surface area contributed by atoms with E-state index in [4.69, 9.17) is 9.47 Å². The average molecular weight is 565 g/mol. The van der Waals surface area contributed by atoms with Crippen LogP contribution in [0.2, 0.25) is 0 Å². The first-order chi connectivity index (χ1) is 19.9. The summed E-state index contributed by atoms with van der Waals surface area (Å²) in [6.45, 7) is 5.40. The molecule has 3 aliphatic rings. The summed E-state index contributed by atoms with van der Waals surface area (Å²) < 4.78 is 11.3. The van der Waals surface area contributed by atoms with E-state index in [1.54, 1.807) is 0 Å². The standard InChI is InChI=1S/C32H44N4O5/c1-22(2)18-28-30(37)34-26(20-33-25-13-14-25)10-6-7-17-40-27-15-11-23(12-16-27)19-29(31(38)35-28)36-32(39)41-21-24-8-4-3-5-9-24/h3-5,8-9,11-12,15-16,22,25-26,28-29,33H,6-7,10,13-14,17-21H2,1-2H3,(H,34,37)(H,35,38)(H,36,39)/t26-,28-,29-/m0/s1. The minimum Gasteiger partial charge on any atom is -0.494 e. The van der Waals surface area contributed by atoms with Gasteiger partial charge in [0.15, 0.2) is 0 Å². The minimum atomic E-state index is -0.935. The van der Waals surface area contributed by atoms with E-state index in [0.29, 0.717) is 25.6 Å². The van der Waals surface area contributed by atoms with Crippen molar-refractivity contribution in [3.8, 4) is 5.75 Å². The highest BCUT2D eigenvalue weighted by Gasteiger charge is 2.30. The van der Waals surface area contributed by atoms with Crippen molar-refractivity contribution < 1.29 is 23.9 Å². The summed E-state index contributed by atoms with van der Waals surface area (Å²) in [6, 6.07) is 15.7. The number of benzene rings is 2. The number of nitrogens with one attached hydrogen (secondary N) is 4. The Morgan fingerprint density at radius 2 is 1.73 bits per heavy atom. The molecule has 222 valence electrons. The Morgan fingerprint density at radius 1 is 0.976 bits per heavy atom. The van der Waals surface area contributed by atoms with Crippen molar-refractivity contribution in [2.24, 2.45) is 5.92 Å². The number of amides is 3. The molecule has 1 saturated carbocycles. The first-order valence-electron chi connectivity index (χ1n) is 14.9. The highest BCUT2D eigenvalue weighted by atomic mass is 16.5. The molecule has 0 radical (unpaired) electrons. The fourth-order valence-corrected chi connectivity index (χ4v) is 4.86. The largest absolute Gasteiger partial charge is 0.494 e. The van der Waals surface area contributed by atoms with Gasteiger partial charge in [-0.2, -0.15) is 0 Å². The minimum absolute atomic E-state index is 0.0499. The molecule has 4 N–H and O–H groups in total. The molecule has 1 fully saturated rings. The second kappa shape index (κ2) is 15.4. The molecule has 3 amide bonds. The van der Waals surface area contributed by atoms with Gasteiger partial charge in [0.25, 0.3) is 0 Å². The van der Waals surface area contributed by atoms with E-state index in [1.165, 1.54) is 12.8 Å². The van der Waals surface area contributed by atoms with E-state index in [9.17, 15) is 14.4 Å². The number of carbonyl (C=O) groups is 3. The topological polar surface area (TPSA) is 118 Å². The SMILES string of the molecule is CC(C)C[C@@H]1NC(=O)[C@@H](NC(=O)OCc2ccccc2)Cc2ccc(cc2)OCCCC[C@@H](CNC2CC2)NC1=O. The first-order valence-corrected chi connectivity index (χ1v) is 14.9.